The Morgan fingerprint density at radius 2 is 2.08 bits per heavy atom. The molecule has 0 aliphatic carbocycles. The lowest BCUT2D eigenvalue weighted by Gasteiger charge is -2.20. The molecule has 7 heteroatoms. The van der Waals surface area contributed by atoms with Gasteiger partial charge in [0, 0.05) is 61.9 Å². The molecule has 0 spiro atoms. The first-order valence-corrected chi connectivity index (χ1v) is 9.24. The standard InChI is InChI=1S/C19H29ClN4O2/c1-19(2,3)26-18(25)22-11-16(21)15-12-24(9-8-20)17-7-6-13(23(4)5)10-14(15)17/h6-7,10,12,16H,8-9,11,21H2,1-5H3,(H,22,25). The van der Waals surface area contributed by atoms with Gasteiger partial charge in [-0.15, -0.1) is 11.6 Å². The van der Waals surface area contributed by atoms with Crippen molar-refractivity contribution in [3.63, 3.8) is 0 Å². The maximum Gasteiger partial charge on any atom is 0.407 e. The fraction of sp³-hybridized carbons (Fsp3) is 0.526. The summed E-state index contributed by atoms with van der Waals surface area (Å²) in [6.07, 6.45) is 1.56. The summed E-state index contributed by atoms with van der Waals surface area (Å²) in [4.78, 5) is 13.9. The minimum Gasteiger partial charge on any atom is -0.444 e. The molecule has 1 heterocycles. The van der Waals surface area contributed by atoms with E-state index in [1.807, 2.05) is 46.0 Å². The summed E-state index contributed by atoms with van der Waals surface area (Å²) in [7, 11) is 4.00. The normalized spacial score (nSPS) is 12.9. The zero-order valence-corrected chi connectivity index (χ0v) is 16.9. The second-order valence-corrected chi connectivity index (χ2v) is 7.93. The molecule has 3 N–H and O–H groups in total. The Morgan fingerprint density at radius 3 is 2.65 bits per heavy atom. The van der Waals surface area contributed by atoms with Crippen LogP contribution in [0.25, 0.3) is 10.9 Å². The molecule has 1 aromatic heterocycles. The van der Waals surface area contributed by atoms with E-state index in [2.05, 4.69) is 28.1 Å². The second-order valence-electron chi connectivity index (χ2n) is 7.55. The first kappa shape index (κ1) is 20.4. The molecule has 2 rings (SSSR count). The summed E-state index contributed by atoms with van der Waals surface area (Å²) >= 11 is 5.94. The Morgan fingerprint density at radius 1 is 1.38 bits per heavy atom. The third-order valence-corrected chi connectivity index (χ3v) is 4.17. The summed E-state index contributed by atoms with van der Waals surface area (Å²) in [5.74, 6) is 0.518. The van der Waals surface area contributed by atoms with Crippen LogP contribution in [0.5, 0.6) is 0 Å². The number of carbonyl (C=O) groups excluding carboxylic acids is 1. The molecular formula is C19H29ClN4O2. The average molecular weight is 381 g/mol. The van der Waals surface area contributed by atoms with Crippen molar-refractivity contribution >= 4 is 34.3 Å². The number of alkyl carbamates (subject to hydrolysis) is 1. The van der Waals surface area contributed by atoms with E-state index in [4.69, 9.17) is 22.1 Å². The summed E-state index contributed by atoms with van der Waals surface area (Å²) in [5, 5.41) is 3.82. The van der Waals surface area contributed by atoms with Gasteiger partial charge in [-0.3, -0.25) is 0 Å². The van der Waals surface area contributed by atoms with Crippen LogP contribution in [-0.4, -0.2) is 42.8 Å². The van der Waals surface area contributed by atoms with E-state index < -0.39 is 11.7 Å². The van der Waals surface area contributed by atoms with Crippen molar-refractivity contribution in [1.82, 2.24) is 9.88 Å². The number of amides is 1. The van der Waals surface area contributed by atoms with Crippen LogP contribution in [0.3, 0.4) is 0 Å². The number of nitrogens with two attached hydrogens (primary N) is 1. The molecule has 1 atom stereocenters. The van der Waals surface area contributed by atoms with Gasteiger partial charge in [-0.1, -0.05) is 0 Å². The molecule has 1 amide bonds. The van der Waals surface area contributed by atoms with Gasteiger partial charge in [-0.25, -0.2) is 4.79 Å². The number of hydrogen-bond donors (Lipinski definition) is 2. The Labute approximate surface area is 160 Å². The summed E-state index contributed by atoms with van der Waals surface area (Å²) < 4.78 is 7.37. The molecule has 6 nitrogen and oxygen atoms in total. The van der Waals surface area contributed by atoms with Crippen LogP contribution in [0.4, 0.5) is 10.5 Å². The fourth-order valence-corrected chi connectivity index (χ4v) is 2.96. The van der Waals surface area contributed by atoms with Crippen LogP contribution >= 0.6 is 11.6 Å². The van der Waals surface area contributed by atoms with Gasteiger partial charge >= 0.3 is 6.09 Å². The van der Waals surface area contributed by atoms with E-state index in [9.17, 15) is 4.79 Å². The minimum absolute atomic E-state index is 0.293. The number of ether oxygens (including phenoxy) is 1. The van der Waals surface area contributed by atoms with Gasteiger partial charge in [-0.05, 0) is 44.5 Å². The number of hydrogen-bond acceptors (Lipinski definition) is 4. The van der Waals surface area contributed by atoms with E-state index >= 15 is 0 Å². The zero-order valence-electron chi connectivity index (χ0n) is 16.2. The minimum atomic E-state index is -0.537. The summed E-state index contributed by atoms with van der Waals surface area (Å²) in [6, 6.07) is 5.91. The highest BCUT2D eigenvalue weighted by Gasteiger charge is 2.19. The predicted molar refractivity (Wildman–Crippen MR) is 108 cm³/mol. The smallest absolute Gasteiger partial charge is 0.407 e. The Hall–Kier alpha value is -1.92. The largest absolute Gasteiger partial charge is 0.444 e. The van der Waals surface area contributed by atoms with Gasteiger partial charge < -0.3 is 25.3 Å². The van der Waals surface area contributed by atoms with E-state index in [0.29, 0.717) is 19.0 Å². The first-order valence-electron chi connectivity index (χ1n) is 8.71. The Kier molecular flexibility index (Phi) is 6.42. The molecule has 1 aromatic carbocycles. The number of fused-ring (bicyclic) bond motifs is 1. The molecule has 0 radical (unpaired) electrons. The third-order valence-electron chi connectivity index (χ3n) is 4.00. The summed E-state index contributed by atoms with van der Waals surface area (Å²) in [6.45, 7) is 6.48. The molecule has 0 saturated heterocycles. The highest BCUT2D eigenvalue weighted by atomic mass is 35.5. The van der Waals surface area contributed by atoms with Crippen LogP contribution in [0.1, 0.15) is 32.4 Å². The van der Waals surface area contributed by atoms with Gasteiger partial charge in [-0.2, -0.15) is 0 Å². The number of rotatable bonds is 6. The van der Waals surface area contributed by atoms with Gasteiger partial charge in [0.25, 0.3) is 0 Å². The quantitative estimate of drug-likeness (QED) is 0.752. The maximum atomic E-state index is 11.9. The van der Waals surface area contributed by atoms with Crippen molar-refractivity contribution in [1.29, 1.82) is 0 Å². The third kappa shape index (κ3) is 5.05. The van der Waals surface area contributed by atoms with Gasteiger partial charge in [0.1, 0.15) is 5.60 Å². The predicted octanol–water partition coefficient (Wildman–Crippen LogP) is 3.47. The van der Waals surface area contributed by atoms with Crippen molar-refractivity contribution < 1.29 is 9.53 Å². The average Bonchev–Trinajstić information content (AvgIpc) is 2.89. The van der Waals surface area contributed by atoms with E-state index in [-0.39, 0.29) is 6.04 Å². The van der Waals surface area contributed by atoms with Crippen LogP contribution in [0.15, 0.2) is 24.4 Å². The maximum absolute atomic E-state index is 11.9. The topological polar surface area (TPSA) is 72.5 Å². The molecular weight excluding hydrogens is 352 g/mol. The van der Waals surface area contributed by atoms with Crippen molar-refractivity contribution in [2.75, 3.05) is 31.4 Å². The number of aromatic nitrogens is 1. The van der Waals surface area contributed by atoms with Crippen molar-refractivity contribution in [2.24, 2.45) is 5.73 Å². The number of benzene rings is 1. The number of nitrogens with zero attached hydrogens (tertiary/aromatic N) is 2. The zero-order chi connectivity index (χ0) is 19.5. The lowest BCUT2D eigenvalue weighted by Crippen LogP contribution is -2.36. The molecule has 26 heavy (non-hydrogen) atoms. The second kappa shape index (κ2) is 8.18. The first-order chi connectivity index (χ1) is 12.1. The van der Waals surface area contributed by atoms with Crippen molar-refractivity contribution in [2.45, 2.75) is 39.0 Å². The number of anilines is 1. The molecule has 0 bridgehead atoms. The van der Waals surface area contributed by atoms with E-state index in [1.165, 1.54) is 0 Å². The highest BCUT2D eigenvalue weighted by Crippen LogP contribution is 2.29. The summed E-state index contributed by atoms with van der Waals surface area (Å²) in [5.41, 5.74) is 8.99. The Bertz CT molecular complexity index is 765. The molecule has 0 saturated carbocycles. The number of carbonyl (C=O) groups is 1. The van der Waals surface area contributed by atoms with E-state index in [0.717, 1.165) is 22.2 Å². The number of aryl methyl sites for hydroxylation is 1. The Balaban J connectivity index is 2.26. The van der Waals surface area contributed by atoms with Crippen LogP contribution < -0.4 is 16.0 Å². The molecule has 0 aliphatic rings. The van der Waals surface area contributed by atoms with Crippen LogP contribution in [0.2, 0.25) is 0 Å². The van der Waals surface area contributed by atoms with Crippen LogP contribution in [0, 0.1) is 0 Å². The number of halogens is 1. The lowest BCUT2D eigenvalue weighted by molar-refractivity contribution is 0.0524. The van der Waals surface area contributed by atoms with E-state index in [1.54, 1.807) is 0 Å². The number of nitrogens with one attached hydrogen (secondary N) is 1. The monoisotopic (exact) mass is 380 g/mol. The molecule has 1 unspecified atom stereocenters. The lowest BCUT2D eigenvalue weighted by atomic mass is 10.1. The molecule has 0 fully saturated rings. The van der Waals surface area contributed by atoms with Crippen molar-refractivity contribution in [3.05, 3.63) is 30.0 Å². The van der Waals surface area contributed by atoms with Crippen LogP contribution in [-0.2, 0) is 11.3 Å². The molecule has 144 valence electrons. The number of alkyl halides is 1. The highest BCUT2D eigenvalue weighted by molar-refractivity contribution is 6.17. The molecule has 2 aromatic rings. The van der Waals surface area contributed by atoms with Crippen molar-refractivity contribution in [3.8, 4) is 0 Å². The van der Waals surface area contributed by atoms with Gasteiger partial charge in [0.05, 0.1) is 0 Å². The SMILES string of the molecule is CN(C)c1ccc2c(c1)c(C(N)CNC(=O)OC(C)(C)C)cn2CCCl. The van der Waals surface area contributed by atoms with Gasteiger partial charge in [0.2, 0.25) is 0 Å². The fourth-order valence-electron chi connectivity index (χ4n) is 2.78. The molecule has 0 aliphatic heterocycles. The van der Waals surface area contributed by atoms with Gasteiger partial charge in [0.15, 0.2) is 0 Å².